The van der Waals surface area contributed by atoms with Crippen molar-refractivity contribution in [2.45, 2.75) is 20.0 Å². The van der Waals surface area contributed by atoms with Gasteiger partial charge in [-0.2, -0.15) is 0 Å². The highest BCUT2D eigenvalue weighted by Crippen LogP contribution is 2.16. The van der Waals surface area contributed by atoms with Crippen LogP contribution in [-0.2, 0) is 9.53 Å². The van der Waals surface area contributed by atoms with Crippen molar-refractivity contribution in [3.8, 4) is 0 Å². The Bertz CT molecular complexity index is 957. The Kier molecular flexibility index (Phi) is 4.84. The number of hydrogen-bond donors (Lipinski definition) is 2. The van der Waals surface area contributed by atoms with Gasteiger partial charge in [-0.3, -0.25) is 9.59 Å². The van der Waals surface area contributed by atoms with Crippen LogP contribution >= 0.6 is 0 Å². The molecule has 0 bridgehead atoms. The lowest BCUT2D eigenvalue weighted by atomic mass is 10.1. The van der Waals surface area contributed by atoms with Gasteiger partial charge in [-0.05, 0) is 38.1 Å². The maximum absolute atomic E-state index is 12.2. The first-order chi connectivity index (χ1) is 12.4. The molecule has 1 heterocycles. The van der Waals surface area contributed by atoms with Crippen molar-refractivity contribution >= 4 is 34.3 Å². The highest BCUT2D eigenvalue weighted by Gasteiger charge is 2.20. The summed E-state index contributed by atoms with van der Waals surface area (Å²) in [4.78, 5) is 38.9. The van der Waals surface area contributed by atoms with Gasteiger partial charge < -0.3 is 15.0 Å². The van der Waals surface area contributed by atoms with Crippen molar-refractivity contribution in [2.24, 2.45) is 0 Å². The number of para-hydroxylation sites is 1. The number of anilines is 1. The van der Waals surface area contributed by atoms with Crippen LogP contribution in [0.5, 0.6) is 0 Å². The van der Waals surface area contributed by atoms with E-state index in [4.69, 9.17) is 4.74 Å². The SMILES string of the molecule is CC(=O)c1cccc(NC(=O)C(C)OC(=O)c2cc3ccccc3[nH]2)c1. The molecule has 1 unspecified atom stereocenters. The Hall–Kier alpha value is -3.41. The molecule has 2 aromatic carbocycles. The standard InChI is InChI=1S/C20H18N2O4/c1-12(23)14-7-5-8-16(10-14)21-19(24)13(2)26-20(25)18-11-15-6-3-4-9-17(15)22-18/h3-11,13,22H,1-2H3,(H,21,24). The number of Topliss-reactive ketones (excluding diaryl/α,β-unsaturated/α-hetero) is 1. The first-order valence-electron chi connectivity index (χ1n) is 8.14. The van der Waals surface area contributed by atoms with Crippen molar-refractivity contribution in [1.29, 1.82) is 0 Å². The predicted molar refractivity (Wildman–Crippen MR) is 98.3 cm³/mol. The van der Waals surface area contributed by atoms with Gasteiger partial charge >= 0.3 is 5.97 Å². The van der Waals surface area contributed by atoms with Gasteiger partial charge in [0.25, 0.3) is 5.91 Å². The van der Waals surface area contributed by atoms with Crippen molar-refractivity contribution in [1.82, 2.24) is 4.98 Å². The minimum Gasteiger partial charge on any atom is -0.448 e. The van der Waals surface area contributed by atoms with Crippen molar-refractivity contribution in [3.63, 3.8) is 0 Å². The van der Waals surface area contributed by atoms with Gasteiger partial charge in [0.1, 0.15) is 5.69 Å². The van der Waals surface area contributed by atoms with E-state index in [2.05, 4.69) is 10.3 Å². The van der Waals surface area contributed by atoms with Crippen LogP contribution in [0.25, 0.3) is 10.9 Å². The van der Waals surface area contributed by atoms with Crippen LogP contribution in [0.15, 0.2) is 54.6 Å². The normalized spacial score (nSPS) is 11.8. The summed E-state index contributed by atoms with van der Waals surface area (Å²) in [6.07, 6.45) is -0.991. The highest BCUT2D eigenvalue weighted by atomic mass is 16.5. The molecular formula is C20H18N2O4. The van der Waals surface area contributed by atoms with E-state index in [1.54, 1.807) is 30.3 Å². The first kappa shape index (κ1) is 17.4. The van der Waals surface area contributed by atoms with Crippen LogP contribution in [-0.4, -0.2) is 28.7 Å². The molecule has 0 aliphatic rings. The van der Waals surface area contributed by atoms with Crippen LogP contribution in [0.1, 0.15) is 34.7 Å². The average Bonchev–Trinajstić information content (AvgIpc) is 3.06. The monoisotopic (exact) mass is 350 g/mol. The number of esters is 1. The van der Waals surface area contributed by atoms with E-state index in [0.717, 1.165) is 10.9 Å². The highest BCUT2D eigenvalue weighted by molar-refractivity contribution is 6.00. The van der Waals surface area contributed by atoms with Gasteiger partial charge in [0, 0.05) is 22.2 Å². The summed E-state index contributed by atoms with van der Waals surface area (Å²) in [7, 11) is 0. The number of H-pyrrole nitrogens is 1. The maximum atomic E-state index is 12.2. The molecule has 0 radical (unpaired) electrons. The quantitative estimate of drug-likeness (QED) is 0.544. The minimum atomic E-state index is -0.991. The molecule has 6 heteroatoms. The average molecular weight is 350 g/mol. The van der Waals surface area contributed by atoms with E-state index >= 15 is 0 Å². The lowest BCUT2D eigenvalue weighted by Gasteiger charge is -2.13. The molecule has 3 aromatic rings. The number of ether oxygens (including phenoxy) is 1. The number of ketones is 1. The third-order valence-corrected chi connectivity index (χ3v) is 3.94. The molecule has 0 saturated heterocycles. The summed E-state index contributed by atoms with van der Waals surface area (Å²) in [6.45, 7) is 2.94. The van der Waals surface area contributed by atoms with Crippen LogP contribution in [0.3, 0.4) is 0 Å². The third kappa shape index (κ3) is 3.80. The van der Waals surface area contributed by atoms with E-state index in [1.165, 1.54) is 13.8 Å². The van der Waals surface area contributed by atoms with Gasteiger partial charge in [-0.15, -0.1) is 0 Å². The van der Waals surface area contributed by atoms with Crippen LogP contribution < -0.4 is 5.32 Å². The summed E-state index contributed by atoms with van der Waals surface area (Å²) in [6, 6.07) is 15.7. The summed E-state index contributed by atoms with van der Waals surface area (Å²) >= 11 is 0. The number of hydrogen-bond acceptors (Lipinski definition) is 4. The Morgan fingerprint density at radius 3 is 2.54 bits per heavy atom. The maximum Gasteiger partial charge on any atom is 0.355 e. The lowest BCUT2D eigenvalue weighted by Crippen LogP contribution is -2.30. The molecular weight excluding hydrogens is 332 g/mol. The molecule has 0 spiro atoms. The van der Waals surface area contributed by atoms with Crippen molar-refractivity contribution in [3.05, 3.63) is 65.9 Å². The number of fused-ring (bicyclic) bond motifs is 1. The molecule has 132 valence electrons. The van der Waals surface area contributed by atoms with Gasteiger partial charge in [-0.25, -0.2) is 4.79 Å². The molecule has 1 amide bonds. The fourth-order valence-corrected chi connectivity index (χ4v) is 2.52. The summed E-state index contributed by atoms with van der Waals surface area (Å²) in [5.41, 5.74) is 2.06. The zero-order chi connectivity index (χ0) is 18.7. The number of nitrogens with one attached hydrogen (secondary N) is 2. The molecule has 1 aromatic heterocycles. The molecule has 0 aliphatic carbocycles. The Labute approximate surface area is 150 Å². The minimum absolute atomic E-state index is 0.0978. The molecule has 0 saturated carbocycles. The van der Waals surface area contributed by atoms with Crippen molar-refractivity contribution in [2.75, 3.05) is 5.32 Å². The number of aromatic amines is 1. The van der Waals surface area contributed by atoms with Gasteiger partial charge in [0.05, 0.1) is 0 Å². The van der Waals surface area contributed by atoms with E-state index in [1.807, 2.05) is 24.3 Å². The Morgan fingerprint density at radius 1 is 1.04 bits per heavy atom. The van der Waals surface area contributed by atoms with Gasteiger partial charge in [0.15, 0.2) is 11.9 Å². The van der Waals surface area contributed by atoms with E-state index in [0.29, 0.717) is 11.3 Å². The molecule has 0 fully saturated rings. The molecule has 0 aliphatic heterocycles. The van der Waals surface area contributed by atoms with Gasteiger partial charge in [-0.1, -0.05) is 30.3 Å². The smallest absolute Gasteiger partial charge is 0.355 e. The number of aromatic nitrogens is 1. The predicted octanol–water partition coefficient (Wildman–Crippen LogP) is 3.55. The second kappa shape index (κ2) is 7.23. The van der Waals surface area contributed by atoms with E-state index in [9.17, 15) is 14.4 Å². The number of carbonyl (C=O) groups is 3. The topological polar surface area (TPSA) is 88.3 Å². The van der Waals surface area contributed by atoms with E-state index < -0.39 is 18.0 Å². The van der Waals surface area contributed by atoms with Crippen LogP contribution in [0.2, 0.25) is 0 Å². The zero-order valence-electron chi connectivity index (χ0n) is 14.4. The molecule has 26 heavy (non-hydrogen) atoms. The summed E-state index contributed by atoms with van der Waals surface area (Å²) < 4.78 is 5.23. The number of benzene rings is 2. The largest absolute Gasteiger partial charge is 0.448 e. The Morgan fingerprint density at radius 2 is 1.81 bits per heavy atom. The number of amides is 1. The number of rotatable bonds is 5. The Balaban J connectivity index is 1.66. The fraction of sp³-hybridized carbons (Fsp3) is 0.150. The molecule has 6 nitrogen and oxygen atoms in total. The first-order valence-corrected chi connectivity index (χ1v) is 8.14. The molecule has 3 rings (SSSR count). The molecule has 2 N–H and O–H groups in total. The van der Waals surface area contributed by atoms with Crippen LogP contribution in [0.4, 0.5) is 5.69 Å². The second-order valence-corrected chi connectivity index (χ2v) is 5.94. The summed E-state index contributed by atoms with van der Waals surface area (Å²) in [5.74, 6) is -1.18. The molecule has 1 atom stereocenters. The van der Waals surface area contributed by atoms with Crippen molar-refractivity contribution < 1.29 is 19.1 Å². The fourth-order valence-electron chi connectivity index (χ4n) is 2.52. The second-order valence-electron chi connectivity index (χ2n) is 5.94. The lowest BCUT2D eigenvalue weighted by molar-refractivity contribution is -0.123. The summed E-state index contributed by atoms with van der Waals surface area (Å²) in [5, 5.41) is 3.53. The van der Waals surface area contributed by atoms with Gasteiger partial charge in [0.2, 0.25) is 0 Å². The third-order valence-electron chi connectivity index (χ3n) is 3.94. The van der Waals surface area contributed by atoms with Crippen LogP contribution in [0, 0.1) is 0 Å². The zero-order valence-corrected chi connectivity index (χ0v) is 14.4. The number of carbonyl (C=O) groups excluding carboxylic acids is 3. The van der Waals surface area contributed by atoms with E-state index in [-0.39, 0.29) is 11.5 Å².